The fourth-order valence-electron chi connectivity index (χ4n) is 3.85. The summed E-state index contributed by atoms with van der Waals surface area (Å²) in [5, 5.41) is 2.80. The maximum absolute atomic E-state index is 13.3. The van der Waals surface area contributed by atoms with E-state index in [4.69, 9.17) is 9.26 Å². The van der Waals surface area contributed by atoms with Crippen LogP contribution in [-0.4, -0.2) is 35.0 Å². The zero-order valence-corrected chi connectivity index (χ0v) is 21.6. The number of carbonyl (C=O) groups is 2. The number of amides is 1. The van der Waals surface area contributed by atoms with Gasteiger partial charge < -0.3 is 4.74 Å². The summed E-state index contributed by atoms with van der Waals surface area (Å²) in [6.45, 7) is 0. The summed E-state index contributed by atoms with van der Waals surface area (Å²) in [4.78, 5) is 44.9. The molecule has 3 aromatic carbocycles. The summed E-state index contributed by atoms with van der Waals surface area (Å²) in [5.41, 5.74) is 1.38. The second kappa shape index (κ2) is 11.6. The van der Waals surface area contributed by atoms with E-state index in [1.807, 2.05) is 54.6 Å². The molecule has 0 unspecified atom stereocenters. The Morgan fingerprint density at radius 3 is 2.41 bits per heavy atom. The maximum atomic E-state index is 13.3. The molecule has 2 heterocycles. The number of H-pyrrole nitrogens is 1. The van der Waals surface area contributed by atoms with Crippen molar-refractivity contribution in [2.24, 2.45) is 4.99 Å². The van der Waals surface area contributed by atoms with E-state index >= 15 is 0 Å². The average molecular weight is 540 g/mol. The van der Waals surface area contributed by atoms with Crippen LogP contribution in [0.4, 0.5) is 5.69 Å². The van der Waals surface area contributed by atoms with E-state index in [9.17, 15) is 14.4 Å². The number of hydrogen-bond acceptors (Lipinski definition) is 7. The number of benzene rings is 3. The van der Waals surface area contributed by atoms with Gasteiger partial charge in [-0.2, -0.15) is 0 Å². The fourth-order valence-corrected chi connectivity index (χ4v) is 4.73. The van der Waals surface area contributed by atoms with Crippen LogP contribution in [0.15, 0.2) is 117 Å². The Morgan fingerprint density at radius 1 is 1.03 bits per heavy atom. The van der Waals surface area contributed by atoms with Gasteiger partial charge >= 0.3 is 11.3 Å². The Labute approximate surface area is 227 Å². The molecule has 39 heavy (non-hydrogen) atoms. The highest BCUT2D eigenvalue weighted by Gasteiger charge is 2.35. The number of anilines is 1. The average Bonchev–Trinajstić information content (AvgIpc) is 3.52. The number of Topliss-reactive ketones (excluding diaryl/α,β-unsaturated/α-hetero) is 1. The molecule has 1 N–H and O–H groups in total. The molecule has 1 aliphatic rings. The number of ether oxygens (including phenoxy) is 1. The number of carbonyl (C=O) groups excluding carboxylic acids is 2. The number of rotatable bonds is 8. The molecule has 0 fully saturated rings. The van der Waals surface area contributed by atoms with Gasteiger partial charge in [-0.05, 0) is 45.9 Å². The number of allylic oxidation sites excluding steroid dienone is 2. The van der Waals surface area contributed by atoms with Gasteiger partial charge in [0.1, 0.15) is 11.4 Å². The maximum Gasteiger partial charge on any atom is 0.438 e. The number of methoxy groups -OCH3 is 1. The van der Waals surface area contributed by atoms with Gasteiger partial charge in [0, 0.05) is 12.1 Å². The van der Waals surface area contributed by atoms with Crippen molar-refractivity contribution in [2.45, 2.75) is 0 Å². The number of ketones is 1. The van der Waals surface area contributed by atoms with Gasteiger partial charge in [0.25, 0.3) is 5.91 Å². The van der Waals surface area contributed by atoms with E-state index in [1.165, 1.54) is 9.58 Å². The highest BCUT2D eigenvalue weighted by Crippen LogP contribution is 2.28. The largest absolute Gasteiger partial charge is 0.497 e. The topological polar surface area (TPSA) is 109 Å². The third-order valence-corrected chi connectivity index (χ3v) is 6.70. The number of nitrogens with zero attached hydrogens (tertiary/aromatic N) is 3. The van der Waals surface area contributed by atoms with Crippen LogP contribution in [0.3, 0.4) is 0 Å². The number of para-hydroxylation sites is 1. The fraction of sp³-hybridized carbons (Fsp3) is 0.0690. The third kappa shape index (κ3) is 5.65. The quantitative estimate of drug-likeness (QED) is 0.205. The number of amidine groups is 1. The van der Waals surface area contributed by atoms with Crippen molar-refractivity contribution >= 4 is 40.4 Å². The SMILES string of the molecule is COc1ccc(-[n+]2[nH]oc(=O)c2C(=O)CSC2=N/C(=C/C=C/c3ccccc3)C(=O)N2c2ccccc2)cc1. The number of aromatic amines is 1. The van der Waals surface area contributed by atoms with Gasteiger partial charge in [-0.25, -0.2) is 9.79 Å². The number of thioether (sulfide) groups is 1. The zero-order chi connectivity index (χ0) is 27.2. The van der Waals surface area contributed by atoms with Gasteiger partial charge in [-0.3, -0.25) is 19.0 Å². The van der Waals surface area contributed by atoms with Gasteiger partial charge in [-0.1, -0.05) is 72.4 Å². The van der Waals surface area contributed by atoms with Crippen molar-refractivity contribution in [3.63, 3.8) is 0 Å². The van der Waals surface area contributed by atoms with Crippen molar-refractivity contribution in [1.29, 1.82) is 0 Å². The molecule has 0 atom stereocenters. The van der Waals surface area contributed by atoms with E-state index in [0.29, 0.717) is 22.3 Å². The molecule has 1 aliphatic heterocycles. The van der Waals surface area contributed by atoms with Crippen LogP contribution in [0.25, 0.3) is 11.8 Å². The molecule has 0 saturated heterocycles. The lowest BCUT2D eigenvalue weighted by Gasteiger charge is -2.17. The van der Waals surface area contributed by atoms with E-state index < -0.39 is 11.4 Å². The Kier molecular flexibility index (Phi) is 7.65. The van der Waals surface area contributed by atoms with Crippen molar-refractivity contribution in [3.8, 4) is 11.4 Å². The molecular formula is C29H23N4O5S+. The van der Waals surface area contributed by atoms with E-state index in [-0.39, 0.29) is 23.1 Å². The predicted octanol–water partition coefficient (Wildman–Crippen LogP) is 4.17. The summed E-state index contributed by atoms with van der Waals surface area (Å²) < 4.78 is 11.4. The van der Waals surface area contributed by atoms with Crippen LogP contribution in [0.5, 0.6) is 5.75 Å². The molecule has 9 nitrogen and oxygen atoms in total. The van der Waals surface area contributed by atoms with Crippen molar-refractivity contribution < 1.29 is 23.5 Å². The molecule has 0 saturated carbocycles. The van der Waals surface area contributed by atoms with Crippen molar-refractivity contribution in [3.05, 3.63) is 124 Å². The molecule has 4 aromatic rings. The summed E-state index contributed by atoms with van der Waals surface area (Å²) >= 11 is 1.06. The molecule has 0 spiro atoms. The Bertz CT molecular complexity index is 1640. The first kappa shape index (κ1) is 25.7. The summed E-state index contributed by atoms with van der Waals surface area (Å²) in [6.07, 6.45) is 5.27. The van der Waals surface area contributed by atoms with Gasteiger partial charge in [-0.15, -0.1) is 0 Å². The lowest BCUT2D eigenvalue weighted by molar-refractivity contribution is -0.672. The zero-order valence-electron chi connectivity index (χ0n) is 20.8. The molecule has 194 valence electrons. The first-order valence-electron chi connectivity index (χ1n) is 11.9. The number of aliphatic imine (C=N–C) groups is 1. The van der Waals surface area contributed by atoms with Crippen LogP contribution in [0, 0.1) is 0 Å². The monoisotopic (exact) mass is 539 g/mol. The van der Waals surface area contributed by atoms with E-state index in [1.54, 1.807) is 55.7 Å². The van der Waals surface area contributed by atoms with Gasteiger partial charge in [0.15, 0.2) is 5.17 Å². The molecule has 10 heteroatoms. The third-order valence-electron chi connectivity index (χ3n) is 5.76. The lowest BCUT2D eigenvalue weighted by Crippen LogP contribution is -2.41. The van der Waals surface area contributed by atoms with E-state index in [2.05, 4.69) is 10.3 Å². The van der Waals surface area contributed by atoms with Crippen LogP contribution < -0.4 is 19.9 Å². The Balaban J connectivity index is 1.39. The van der Waals surface area contributed by atoms with E-state index in [0.717, 1.165) is 17.3 Å². The van der Waals surface area contributed by atoms with Crippen LogP contribution in [0.2, 0.25) is 0 Å². The number of nitrogens with one attached hydrogen (secondary N) is 1. The van der Waals surface area contributed by atoms with Crippen molar-refractivity contribution in [1.82, 2.24) is 5.27 Å². The summed E-state index contributed by atoms with van der Waals surface area (Å²) in [5.74, 6) is -0.332. The molecule has 0 aliphatic carbocycles. The minimum absolute atomic E-state index is 0.151. The lowest BCUT2D eigenvalue weighted by atomic mass is 10.2. The highest BCUT2D eigenvalue weighted by atomic mass is 32.2. The molecular weight excluding hydrogens is 516 g/mol. The number of aromatic nitrogens is 2. The van der Waals surface area contributed by atoms with Crippen LogP contribution in [0.1, 0.15) is 16.1 Å². The van der Waals surface area contributed by atoms with Crippen molar-refractivity contribution in [2.75, 3.05) is 17.8 Å². The molecule has 5 rings (SSSR count). The van der Waals surface area contributed by atoms with Crippen LogP contribution >= 0.6 is 11.8 Å². The highest BCUT2D eigenvalue weighted by molar-refractivity contribution is 8.14. The normalized spacial score (nSPS) is 14.3. The van der Waals surface area contributed by atoms with Gasteiger partial charge in [0.2, 0.25) is 11.5 Å². The second-order valence-corrected chi connectivity index (χ2v) is 9.21. The smallest absolute Gasteiger partial charge is 0.438 e. The first-order chi connectivity index (χ1) is 19.0. The summed E-state index contributed by atoms with van der Waals surface area (Å²) in [6, 6.07) is 25.5. The minimum Gasteiger partial charge on any atom is -0.497 e. The first-order valence-corrected chi connectivity index (χ1v) is 12.9. The molecule has 0 radical (unpaired) electrons. The number of hydrogen-bond donors (Lipinski definition) is 1. The molecule has 0 bridgehead atoms. The Morgan fingerprint density at radius 2 is 1.72 bits per heavy atom. The Hall–Kier alpha value is -4.96. The second-order valence-electron chi connectivity index (χ2n) is 8.27. The molecule has 1 amide bonds. The molecule has 1 aromatic heterocycles. The standard InChI is InChI=1S/C29H22N4O5S/c1-37-23-17-15-22(16-18-23)33-26(28(36)38-31-33)25(34)19-39-29-30-24(14-8-11-20-9-4-2-5-10-20)27(35)32(29)21-12-6-3-7-13-21/h2-18H,19H2,1H3/p+1/b11-8+,24-14+. The van der Waals surface area contributed by atoms with Crippen LogP contribution in [-0.2, 0) is 4.79 Å². The summed E-state index contributed by atoms with van der Waals surface area (Å²) in [7, 11) is 1.55. The predicted molar refractivity (Wildman–Crippen MR) is 149 cm³/mol. The van der Waals surface area contributed by atoms with Gasteiger partial charge in [0.05, 0.1) is 18.6 Å². The minimum atomic E-state index is -0.799.